The molecule has 0 radical (unpaired) electrons. The van der Waals surface area contributed by atoms with Gasteiger partial charge in [-0.05, 0) is 32.9 Å². The lowest BCUT2D eigenvalue weighted by Gasteiger charge is -2.18. The van der Waals surface area contributed by atoms with Gasteiger partial charge >= 0.3 is 0 Å². The summed E-state index contributed by atoms with van der Waals surface area (Å²) in [5.41, 5.74) is 0. The van der Waals surface area contributed by atoms with Crippen LogP contribution in [0.5, 0.6) is 5.75 Å². The molecule has 1 unspecified atom stereocenters. The second kappa shape index (κ2) is 4.87. The molecule has 0 heterocycles. The summed E-state index contributed by atoms with van der Waals surface area (Å²) >= 11 is 0. The van der Waals surface area contributed by atoms with Crippen LogP contribution in [0.25, 0.3) is 0 Å². The third-order valence-corrected chi connectivity index (χ3v) is 1.62. The Morgan fingerprint density at radius 2 is 1.69 bits per heavy atom. The van der Waals surface area contributed by atoms with E-state index in [2.05, 4.69) is 19.2 Å². The zero-order valence-electron chi connectivity index (χ0n) is 8.45. The molecule has 0 fully saturated rings. The van der Waals surface area contributed by atoms with Crippen LogP contribution in [0, 0.1) is 0 Å². The molecule has 1 aromatic rings. The Hall–Kier alpha value is -1.02. The molecule has 0 aromatic heterocycles. The molecule has 0 bridgehead atoms. The lowest BCUT2D eigenvalue weighted by atomic mass is 10.3. The van der Waals surface area contributed by atoms with Crippen LogP contribution >= 0.6 is 0 Å². The minimum atomic E-state index is 0.0578. The average molecular weight is 179 g/mol. The van der Waals surface area contributed by atoms with Crippen molar-refractivity contribution >= 4 is 0 Å². The molecule has 1 aromatic carbocycles. The van der Waals surface area contributed by atoms with Crippen LogP contribution in [0.3, 0.4) is 0 Å². The Morgan fingerprint density at radius 1 is 1.08 bits per heavy atom. The van der Waals surface area contributed by atoms with Crippen molar-refractivity contribution in [1.29, 1.82) is 0 Å². The van der Waals surface area contributed by atoms with Gasteiger partial charge in [0.05, 0.1) is 0 Å². The Bertz CT molecular complexity index is 233. The van der Waals surface area contributed by atoms with Crippen LogP contribution in [0.15, 0.2) is 30.3 Å². The fourth-order valence-electron chi connectivity index (χ4n) is 1.21. The second-order valence-corrected chi connectivity index (χ2v) is 3.39. The molecule has 13 heavy (non-hydrogen) atoms. The van der Waals surface area contributed by atoms with Gasteiger partial charge in [-0.15, -0.1) is 0 Å². The number of rotatable bonds is 4. The molecule has 2 nitrogen and oxygen atoms in total. The van der Waals surface area contributed by atoms with Gasteiger partial charge in [-0.2, -0.15) is 0 Å². The fourth-order valence-corrected chi connectivity index (χ4v) is 1.21. The molecule has 0 aliphatic heterocycles. The summed E-state index contributed by atoms with van der Waals surface area (Å²) in [5, 5.41) is 3.27. The molecule has 1 atom stereocenters. The van der Waals surface area contributed by atoms with Crippen molar-refractivity contribution in [2.75, 3.05) is 0 Å². The van der Waals surface area contributed by atoms with Crippen molar-refractivity contribution < 1.29 is 4.74 Å². The summed E-state index contributed by atoms with van der Waals surface area (Å²) in [5.74, 6) is 0.906. The predicted molar refractivity (Wildman–Crippen MR) is 54.8 cm³/mol. The minimum Gasteiger partial charge on any atom is -0.476 e. The molecule has 1 N–H and O–H groups in total. The number of hydrogen-bond donors (Lipinski definition) is 1. The van der Waals surface area contributed by atoms with Gasteiger partial charge in [-0.25, -0.2) is 0 Å². The highest BCUT2D eigenvalue weighted by atomic mass is 16.5. The summed E-state index contributed by atoms with van der Waals surface area (Å²) in [4.78, 5) is 0. The lowest BCUT2D eigenvalue weighted by Crippen LogP contribution is -2.36. The molecule has 0 aliphatic rings. The standard InChI is InChI=1S/C11H17NO/c1-9(2)12-10(3)13-11-7-5-4-6-8-11/h4-10,12H,1-3H3. The van der Waals surface area contributed by atoms with Crippen molar-refractivity contribution in [2.45, 2.75) is 33.0 Å². The molecule has 0 spiro atoms. The Kier molecular flexibility index (Phi) is 3.77. The van der Waals surface area contributed by atoms with Crippen LogP contribution in [0.4, 0.5) is 0 Å². The summed E-state index contributed by atoms with van der Waals surface area (Å²) < 4.78 is 5.61. The first-order valence-electron chi connectivity index (χ1n) is 4.66. The molecular weight excluding hydrogens is 162 g/mol. The van der Waals surface area contributed by atoms with Crippen molar-refractivity contribution in [1.82, 2.24) is 5.32 Å². The van der Waals surface area contributed by atoms with Crippen LogP contribution < -0.4 is 10.1 Å². The fraction of sp³-hybridized carbons (Fsp3) is 0.455. The van der Waals surface area contributed by atoms with Gasteiger partial charge in [0, 0.05) is 6.04 Å². The van der Waals surface area contributed by atoms with Crippen molar-refractivity contribution in [3.63, 3.8) is 0 Å². The first kappa shape index (κ1) is 10.1. The zero-order chi connectivity index (χ0) is 9.68. The molecule has 0 amide bonds. The summed E-state index contributed by atoms with van der Waals surface area (Å²) in [6.45, 7) is 6.21. The van der Waals surface area contributed by atoms with Gasteiger partial charge in [0.2, 0.25) is 0 Å². The Labute approximate surface area is 79.9 Å². The van der Waals surface area contributed by atoms with Crippen LogP contribution in [0.1, 0.15) is 20.8 Å². The van der Waals surface area contributed by atoms with Gasteiger partial charge in [0.15, 0.2) is 0 Å². The average Bonchev–Trinajstić information content (AvgIpc) is 2.04. The van der Waals surface area contributed by atoms with Crippen molar-refractivity contribution in [3.05, 3.63) is 30.3 Å². The van der Waals surface area contributed by atoms with E-state index < -0.39 is 0 Å². The minimum absolute atomic E-state index is 0.0578. The van der Waals surface area contributed by atoms with Crippen LogP contribution in [-0.2, 0) is 0 Å². The number of para-hydroxylation sites is 1. The Balaban J connectivity index is 2.41. The van der Waals surface area contributed by atoms with E-state index in [9.17, 15) is 0 Å². The molecule has 2 heteroatoms. The van der Waals surface area contributed by atoms with E-state index in [-0.39, 0.29) is 6.23 Å². The van der Waals surface area contributed by atoms with E-state index in [1.54, 1.807) is 0 Å². The van der Waals surface area contributed by atoms with Gasteiger partial charge in [0.1, 0.15) is 12.0 Å². The monoisotopic (exact) mass is 179 g/mol. The third-order valence-electron chi connectivity index (χ3n) is 1.62. The smallest absolute Gasteiger partial charge is 0.147 e. The lowest BCUT2D eigenvalue weighted by molar-refractivity contribution is 0.172. The molecule has 0 saturated heterocycles. The van der Waals surface area contributed by atoms with Crippen molar-refractivity contribution in [3.8, 4) is 5.75 Å². The van der Waals surface area contributed by atoms with Crippen LogP contribution in [-0.4, -0.2) is 12.3 Å². The first-order valence-corrected chi connectivity index (χ1v) is 4.66. The maximum Gasteiger partial charge on any atom is 0.147 e. The summed E-state index contributed by atoms with van der Waals surface area (Å²) in [6.07, 6.45) is 0.0578. The topological polar surface area (TPSA) is 21.3 Å². The van der Waals surface area contributed by atoms with E-state index in [0.717, 1.165) is 5.75 Å². The number of hydrogen-bond acceptors (Lipinski definition) is 2. The van der Waals surface area contributed by atoms with Gasteiger partial charge in [0.25, 0.3) is 0 Å². The second-order valence-electron chi connectivity index (χ2n) is 3.39. The van der Waals surface area contributed by atoms with Crippen LogP contribution in [0.2, 0.25) is 0 Å². The third kappa shape index (κ3) is 3.95. The zero-order valence-corrected chi connectivity index (χ0v) is 8.45. The molecule has 0 saturated carbocycles. The van der Waals surface area contributed by atoms with E-state index in [4.69, 9.17) is 4.74 Å². The number of nitrogens with one attached hydrogen (secondary N) is 1. The predicted octanol–water partition coefficient (Wildman–Crippen LogP) is 2.41. The van der Waals surface area contributed by atoms with Gasteiger partial charge in [-0.1, -0.05) is 18.2 Å². The molecule has 1 rings (SSSR count). The molecule has 72 valence electrons. The maximum absolute atomic E-state index is 5.61. The molecular formula is C11H17NO. The normalized spacial score (nSPS) is 12.9. The summed E-state index contributed by atoms with van der Waals surface area (Å²) in [7, 11) is 0. The maximum atomic E-state index is 5.61. The van der Waals surface area contributed by atoms with E-state index >= 15 is 0 Å². The SMILES string of the molecule is CC(C)NC(C)Oc1ccccc1. The number of ether oxygens (including phenoxy) is 1. The van der Waals surface area contributed by atoms with Gasteiger partial charge < -0.3 is 4.74 Å². The quantitative estimate of drug-likeness (QED) is 0.717. The highest BCUT2D eigenvalue weighted by Gasteiger charge is 2.03. The van der Waals surface area contributed by atoms with E-state index in [1.807, 2.05) is 37.3 Å². The van der Waals surface area contributed by atoms with Crippen molar-refractivity contribution in [2.24, 2.45) is 0 Å². The Morgan fingerprint density at radius 3 is 2.23 bits per heavy atom. The largest absolute Gasteiger partial charge is 0.476 e. The summed E-state index contributed by atoms with van der Waals surface area (Å²) in [6, 6.07) is 10.3. The molecule has 0 aliphatic carbocycles. The van der Waals surface area contributed by atoms with Gasteiger partial charge in [-0.3, -0.25) is 5.32 Å². The first-order chi connectivity index (χ1) is 6.18. The van der Waals surface area contributed by atoms with E-state index in [0.29, 0.717) is 6.04 Å². The van der Waals surface area contributed by atoms with E-state index in [1.165, 1.54) is 0 Å². The highest BCUT2D eigenvalue weighted by molar-refractivity contribution is 5.21. The number of benzene rings is 1. The highest BCUT2D eigenvalue weighted by Crippen LogP contribution is 2.09.